The molecule has 0 aliphatic heterocycles. The topological polar surface area (TPSA) is 60.2 Å². The molecule has 1 saturated carbocycles. The Bertz CT molecular complexity index is 274. The summed E-state index contributed by atoms with van der Waals surface area (Å²) in [5.74, 6) is 0.203. The summed E-state index contributed by atoms with van der Waals surface area (Å²) in [4.78, 5) is 0. The van der Waals surface area contributed by atoms with Gasteiger partial charge in [-0.25, -0.2) is 8.42 Å². The summed E-state index contributed by atoms with van der Waals surface area (Å²) in [5.41, 5.74) is 5.60. The second kappa shape index (κ2) is 4.62. The van der Waals surface area contributed by atoms with E-state index in [-0.39, 0.29) is 16.4 Å². The van der Waals surface area contributed by atoms with Gasteiger partial charge >= 0.3 is 0 Å². The zero-order valence-corrected chi connectivity index (χ0v) is 9.89. The molecule has 0 radical (unpaired) electrons. The number of hydrogen-bond donors (Lipinski definition) is 1. The van der Waals surface area contributed by atoms with Crippen molar-refractivity contribution in [2.45, 2.75) is 50.0 Å². The zero-order chi connectivity index (χ0) is 10.8. The quantitative estimate of drug-likeness (QED) is 0.776. The maximum atomic E-state index is 12.1. The lowest BCUT2D eigenvalue weighted by atomic mass is 10.1. The standard InChI is InChI=1S/C10H21NO2S/c1-3-8(2)14(12,13)10-6-4-5-9(10)7-11/h8-10H,3-7,11H2,1-2H3. The number of hydrogen-bond acceptors (Lipinski definition) is 3. The van der Waals surface area contributed by atoms with Crippen LogP contribution < -0.4 is 5.73 Å². The van der Waals surface area contributed by atoms with Crippen molar-refractivity contribution in [3.63, 3.8) is 0 Å². The molecule has 0 spiro atoms. The third-order valence-corrected chi connectivity index (χ3v) is 6.37. The maximum absolute atomic E-state index is 12.1. The molecular formula is C10H21NO2S. The molecule has 0 aromatic heterocycles. The highest BCUT2D eigenvalue weighted by Gasteiger charge is 2.38. The van der Waals surface area contributed by atoms with Gasteiger partial charge in [-0.15, -0.1) is 0 Å². The predicted molar refractivity (Wildman–Crippen MR) is 58.9 cm³/mol. The van der Waals surface area contributed by atoms with E-state index >= 15 is 0 Å². The fourth-order valence-corrected chi connectivity index (χ4v) is 4.58. The van der Waals surface area contributed by atoms with E-state index in [1.807, 2.05) is 6.92 Å². The number of sulfone groups is 1. The molecule has 1 rings (SSSR count). The van der Waals surface area contributed by atoms with Gasteiger partial charge in [-0.2, -0.15) is 0 Å². The van der Waals surface area contributed by atoms with E-state index in [2.05, 4.69) is 0 Å². The van der Waals surface area contributed by atoms with Crippen LogP contribution in [-0.2, 0) is 9.84 Å². The first-order valence-electron chi connectivity index (χ1n) is 5.46. The van der Waals surface area contributed by atoms with Crippen LogP contribution in [0.2, 0.25) is 0 Å². The summed E-state index contributed by atoms with van der Waals surface area (Å²) in [6.45, 7) is 4.25. The van der Waals surface area contributed by atoms with Gasteiger partial charge in [0, 0.05) is 0 Å². The van der Waals surface area contributed by atoms with Gasteiger partial charge in [0.05, 0.1) is 10.5 Å². The number of nitrogens with two attached hydrogens (primary N) is 1. The van der Waals surface area contributed by atoms with Crippen LogP contribution in [0.25, 0.3) is 0 Å². The summed E-state index contributed by atoms with van der Waals surface area (Å²) in [6.07, 6.45) is 3.52. The Morgan fingerprint density at radius 2 is 2.07 bits per heavy atom. The third-order valence-electron chi connectivity index (χ3n) is 3.45. The molecule has 3 nitrogen and oxygen atoms in total. The Morgan fingerprint density at radius 3 is 2.57 bits per heavy atom. The van der Waals surface area contributed by atoms with Gasteiger partial charge in [-0.1, -0.05) is 13.3 Å². The summed E-state index contributed by atoms with van der Waals surface area (Å²) < 4.78 is 24.2. The minimum absolute atomic E-state index is 0.164. The minimum Gasteiger partial charge on any atom is -0.330 e. The van der Waals surface area contributed by atoms with E-state index in [9.17, 15) is 8.42 Å². The highest BCUT2D eigenvalue weighted by molar-refractivity contribution is 7.92. The summed E-state index contributed by atoms with van der Waals surface area (Å²) in [7, 11) is -2.93. The predicted octanol–water partition coefficient (Wildman–Crippen LogP) is 1.33. The van der Waals surface area contributed by atoms with E-state index in [0.29, 0.717) is 13.0 Å². The lowest BCUT2D eigenvalue weighted by molar-refractivity contribution is 0.514. The zero-order valence-electron chi connectivity index (χ0n) is 9.07. The second-order valence-corrected chi connectivity index (χ2v) is 6.86. The Kier molecular flexibility index (Phi) is 3.95. The van der Waals surface area contributed by atoms with Crippen LogP contribution >= 0.6 is 0 Å². The van der Waals surface area contributed by atoms with E-state index in [0.717, 1.165) is 19.3 Å². The highest BCUT2D eigenvalue weighted by atomic mass is 32.2. The molecule has 0 heterocycles. The summed E-state index contributed by atoms with van der Waals surface area (Å²) >= 11 is 0. The molecule has 0 bridgehead atoms. The van der Waals surface area contributed by atoms with E-state index in [4.69, 9.17) is 5.73 Å². The van der Waals surface area contributed by atoms with Gasteiger partial charge < -0.3 is 5.73 Å². The average Bonchev–Trinajstić information content (AvgIpc) is 2.64. The molecular weight excluding hydrogens is 198 g/mol. The first-order valence-corrected chi connectivity index (χ1v) is 7.07. The molecule has 1 fully saturated rings. The van der Waals surface area contributed by atoms with Crippen LogP contribution in [0.15, 0.2) is 0 Å². The third kappa shape index (κ3) is 2.11. The molecule has 14 heavy (non-hydrogen) atoms. The summed E-state index contributed by atoms with van der Waals surface area (Å²) in [5, 5.41) is -0.373. The molecule has 0 saturated heterocycles. The molecule has 1 aliphatic carbocycles. The number of rotatable bonds is 4. The fraction of sp³-hybridized carbons (Fsp3) is 1.00. The van der Waals surface area contributed by atoms with Crippen molar-refractivity contribution in [3.8, 4) is 0 Å². The van der Waals surface area contributed by atoms with Gasteiger partial charge in [0.1, 0.15) is 0 Å². The van der Waals surface area contributed by atoms with Gasteiger partial charge in [0.2, 0.25) is 0 Å². The molecule has 84 valence electrons. The van der Waals surface area contributed by atoms with Crippen molar-refractivity contribution in [2.75, 3.05) is 6.54 Å². The second-order valence-electron chi connectivity index (χ2n) is 4.27. The minimum atomic E-state index is -2.93. The largest absolute Gasteiger partial charge is 0.330 e. The SMILES string of the molecule is CCC(C)S(=O)(=O)C1CCCC1CN. The molecule has 2 N–H and O–H groups in total. The first kappa shape index (κ1) is 12.0. The molecule has 0 aromatic carbocycles. The Morgan fingerprint density at radius 1 is 1.43 bits per heavy atom. The maximum Gasteiger partial charge on any atom is 0.156 e. The lowest BCUT2D eigenvalue weighted by Gasteiger charge is -2.21. The monoisotopic (exact) mass is 219 g/mol. The average molecular weight is 219 g/mol. The molecule has 1 aliphatic rings. The highest BCUT2D eigenvalue weighted by Crippen LogP contribution is 2.32. The van der Waals surface area contributed by atoms with Crippen LogP contribution in [0.1, 0.15) is 39.5 Å². The van der Waals surface area contributed by atoms with Crippen LogP contribution in [0, 0.1) is 5.92 Å². The molecule has 3 atom stereocenters. The smallest absolute Gasteiger partial charge is 0.156 e. The van der Waals surface area contributed by atoms with Crippen molar-refractivity contribution < 1.29 is 8.42 Å². The Hall–Kier alpha value is -0.0900. The Balaban J connectivity index is 2.81. The van der Waals surface area contributed by atoms with Crippen LogP contribution in [0.5, 0.6) is 0 Å². The fourth-order valence-electron chi connectivity index (χ4n) is 2.24. The normalized spacial score (nSPS) is 30.5. The van der Waals surface area contributed by atoms with Gasteiger partial charge in [-0.3, -0.25) is 0 Å². The molecule has 0 aromatic rings. The molecule has 3 unspecified atom stereocenters. The van der Waals surface area contributed by atoms with E-state index in [1.54, 1.807) is 6.92 Å². The van der Waals surface area contributed by atoms with Gasteiger partial charge in [0.25, 0.3) is 0 Å². The van der Waals surface area contributed by atoms with Crippen LogP contribution in [-0.4, -0.2) is 25.5 Å². The van der Waals surface area contributed by atoms with E-state index in [1.165, 1.54) is 0 Å². The van der Waals surface area contributed by atoms with Crippen molar-refractivity contribution in [2.24, 2.45) is 11.7 Å². The molecule has 4 heteroatoms. The molecule has 0 amide bonds. The van der Waals surface area contributed by atoms with Gasteiger partial charge in [0.15, 0.2) is 9.84 Å². The van der Waals surface area contributed by atoms with E-state index < -0.39 is 9.84 Å². The van der Waals surface area contributed by atoms with Gasteiger partial charge in [-0.05, 0) is 38.6 Å². The van der Waals surface area contributed by atoms with Crippen molar-refractivity contribution in [1.82, 2.24) is 0 Å². The lowest BCUT2D eigenvalue weighted by Crippen LogP contribution is -2.35. The van der Waals surface area contributed by atoms with Crippen LogP contribution in [0.4, 0.5) is 0 Å². The first-order chi connectivity index (χ1) is 6.54. The van der Waals surface area contributed by atoms with Crippen molar-refractivity contribution >= 4 is 9.84 Å². The van der Waals surface area contributed by atoms with Crippen molar-refractivity contribution in [3.05, 3.63) is 0 Å². The summed E-state index contributed by atoms with van der Waals surface area (Å²) in [6, 6.07) is 0. The van der Waals surface area contributed by atoms with Crippen molar-refractivity contribution in [1.29, 1.82) is 0 Å². The van der Waals surface area contributed by atoms with Crippen LogP contribution in [0.3, 0.4) is 0 Å². The Labute approximate surface area is 87.0 Å².